The standard InChI is InChI=1S/C15H12ClFN2S/c16-10-5-3-4-9(15(10)17)11(18)8-14-19-12-6-1-2-7-13(12)20-14/h1-7,11H,8,18H2. The molecule has 3 aromatic rings. The van der Waals surface area contributed by atoms with Crippen molar-refractivity contribution < 1.29 is 4.39 Å². The number of thiazole rings is 1. The van der Waals surface area contributed by atoms with Crippen molar-refractivity contribution >= 4 is 33.2 Å². The Morgan fingerprint density at radius 1 is 1.20 bits per heavy atom. The fourth-order valence-electron chi connectivity index (χ4n) is 2.11. The van der Waals surface area contributed by atoms with Crippen LogP contribution in [-0.2, 0) is 6.42 Å². The number of halogens is 2. The minimum absolute atomic E-state index is 0.0993. The Balaban J connectivity index is 1.88. The number of nitrogens with zero attached hydrogens (tertiary/aromatic N) is 1. The normalized spacial score (nSPS) is 12.8. The lowest BCUT2D eigenvalue weighted by molar-refractivity contribution is 0.580. The Bertz CT molecular complexity index is 723. The number of benzene rings is 2. The van der Waals surface area contributed by atoms with E-state index in [1.54, 1.807) is 23.5 Å². The maximum Gasteiger partial charge on any atom is 0.146 e. The third kappa shape index (κ3) is 2.54. The highest BCUT2D eigenvalue weighted by atomic mass is 35.5. The van der Waals surface area contributed by atoms with Crippen molar-refractivity contribution in [1.29, 1.82) is 0 Å². The molecule has 0 aliphatic carbocycles. The van der Waals surface area contributed by atoms with Crippen LogP contribution < -0.4 is 5.73 Å². The zero-order valence-corrected chi connectivity index (χ0v) is 12.1. The van der Waals surface area contributed by atoms with Crippen LogP contribution in [0.25, 0.3) is 10.2 Å². The number of aromatic nitrogens is 1. The summed E-state index contributed by atoms with van der Waals surface area (Å²) in [4.78, 5) is 4.51. The van der Waals surface area contributed by atoms with Gasteiger partial charge in [0.2, 0.25) is 0 Å². The summed E-state index contributed by atoms with van der Waals surface area (Å²) < 4.78 is 15.0. The van der Waals surface area contributed by atoms with Gasteiger partial charge in [0, 0.05) is 18.0 Å². The SMILES string of the molecule is NC(Cc1nc2ccccc2s1)c1cccc(Cl)c1F. The first-order chi connectivity index (χ1) is 9.65. The van der Waals surface area contributed by atoms with E-state index in [2.05, 4.69) is 4.98 Å². The van der Waals surface area contributed by atoms with Gasteiger partial charge in [-0.25, -0.2) is 9.37 Å². The first-order valence-corrected chi connectivity index (χ1v) is 7.38. The molecule has 20 heavy (non-hydrogen) atoms. The summed E-state index contributed by atoms with van der Waals surface area (Å²) in [7, 11) is 0. The smallest absolute Gasteiger partial charge is 0.146 e. The highest BCUT2D eigenvalue weighted by molar-refractivity contribution is 7.18. The van der Waals surface area contributed by atoms with E-state index >= 15 is 0 Å². The molecule has 2 N–H and O–H groups in total. The molecule has 0 aliphatic heterocycles. The molecule has 0 bridgehead atoms. The Morgan fingerprint density at radius 3 is 2.80 bits per heavy atom. The third-order valence-electron chi connectivity index (χ3n) is 3.11. The number of hydrogen-bond donors (Lipinski definition) is 1. The van der Waals surface area contributed by atoms with E-state index in [1.807, 2.05) is 24.3 Å². The highest BCUT2D eigenvalue weighted by Gasteiger charge is 2.16. The summed E-state index contributed by atoms with van der Waals surface area (Å²) in [6.07, 6.45) is 0.497. The van der Waals surface area contributed by atoms with Gasteiger partial charge >= 0.3 is 0 Å². The molecule has 0 spiro atoms. The van der Waals surface area contributed by atoms with E-state index in [9.17, 15) is 4.39 Å². The average Bonchev–Trinajstić information content (AvgIpc) is 2.83. The molecule has 1 aromatic heterocycles. The Hall–Kier alpha value is -1.49. The monoisotopic (exact) mass is 306 g/mol. The Labute approximate surface area is 125 Å². The minimum Gasteiger partial charge on any atom is -0.324 e. The van der Waals surface area contributed by atoms with Crippen molar-refractivity contribution in [3.05, 3.63) is 63.9 Å². The molecular formula is C15H12ClFN2S. The predicted octanol–water partition coefficient (Wildman–Crippen LogP) is 4.33. The largest absolute Gasteiger partial charge is 0.324 e. The van der Waals surface area contributed by atoms with E-state index in [-0.39, 0.29) is 5.02 Å². The highest BCUT2D eigenvalue weighted by Crippen LogP contribution is 2.28. The molecule has 0 radical (unpaired) electrons. The Kier molecular flexibility index (Phi) is 3.70. The minimum atomic E-state index is -0.450. The molecule has 0 saturated heterocycles. The first-order valence-electron chi connectivity index (χ1n) is 6.19. The number of para-hydroxylation sites is 1. The summed E-state index contributed by atoms with van der Waals surface area (Å²) in [5.41, 5.74) is 7.46. The molecule has 2 nitrogen and oxygen atoms in total. The maximum atomic E-state index is 13.9. The van der Waals surface area contributed by atoms with Crippen LogP contribution in [0.5, 0.6) is 0 Å². The summed E-state index contributed by atoms with van der Waals surface area (Å²) in [5.74, 6) is -0.442. The molecule has 3 rings (SSSR count). The lowest BCUT2D eigenvalue weighted by atomic mass is 10.0. The van der Waals surface area contributed by atoms with E-state index in [4.69, 9.17) is 17.3 Å². The van der Waals surface area contributed by atoms with Crippen molar-refractivity contribution in [3.63, 3.8) is 0 Å². The number of nitrogens with two attached hydrogens (primary N) is 1. The number of fused-ring (bicyclic) bond motifs is 1. The van der Waals surface area contributed by atoms with Crippen molar-refractivity contribution in [2.24, 2.45) is 5.73 Å². The maximum absolute atomic E-state index is 13.9. The molecule has 0 aliphatic rings. The third-order valence-corrected chi connectivity index (χ3v) is 4.46. The van der Waals surface area contributed by atoms with Crippen LogP contribution in [0.2, 0.25) is 5.02 Å². The quantitative estimate of drug-likeness (QED) is 0.782. The summed E-state index contributed by atoms with van der Waals surface area (Å²) in [6.45, 7) is 0. The van der Waals surface area contributed by atoms with Crippen LogP contribution in [0.1, 0.15) is 16.6 Å². The van der Waals surface area contributed by atoms with Crippen molar-refractivity contribution in [1.82, 2.24) is 4.98 Å². The van der Waals surface area contributed by atoms with Crippen LogP contribution in [-0.4, -0.2) is 4.98 Å². The van der Waals surface area contributed by atoms with E-state index in [0.29, 0.717) is 12.0 Å². The van der Waals surface area contributed by atoms with Gasteiger partial charge in [-0.15, -0.1) is 11.3 Å². The van der Waals surface area contributed by atoms with Crippen molar-refractivity contribution in [3.8, 4) is 0 Å². The molecule has 0 fully saturated rings. The van der Waals surface area contributed by atoms with E-state index in [0.717, 1.165) is 15.2 Å². The summed E-state index contributed by atoms with van der Waals surface area (Å²) >= 11 is 7.37. The van der Waals surface area contributed by atoms with Crippen LogP contribution >= 0.6 is 22.9 Å². The van der Waals surface area contributed by atoms with Gasteiger partial charge in [0.15, 0.2) is 0 Å². The van der Waals surface area contributed by atoms with Gasteiger partial charge in [-0.1, -0.05) is 35.9 Å². The average molecular weight is 307 g/mol. The fourth-order valence-corrected chi connectivity index (χ4v) is 3.32. The van der Waals surface area contributed by atoms with Crippen LogP contribution in [0.3, 0.4) is 0 Å². The van der Waals surface area contributed by atoms with E-state index in [1.165, 1.54) is 6.07 Å². The second kappa shape index (κ2) is 5.48. The molecule has 0 saturated carbocycles. The molecule has 1 unspecified atom stereocenters. The molecule has 1 atom stereocenters. The number of rotatable bonds is 3. The summed E-state index contributed by atoms with van der Waals surface area (Å²) in [5, 5.41) is 1.00. The van der Waals surface area contributed by atoms with Gasteiger partial charge in [-0.05, 0) is 18.2 Å². The molecule has 2 aromatic carbocycles. The van der Waals surface area contributed by atoms with Crippen molar-refractivity contribution in [2.75, 3.05) is 0 Å². The van der Waals surface area contributed by atoms with Gasteiger partial charge in [-0.2, -0.15) is 0 Å². The topological polar surface area (TPSA) is 38.9 Å². The molecular weight excluding hydrogens is 295 g/mol. The lowest BCUT2D eigenvalue weighted by Gasteiger charge is -2.11. The first kappa shape index (κ1) is 13.5. The van der Waals surface area contributed by atoms with Crippen LogP contribution in [0, 0.1) is 5.82 Å². The van der Waals surface area contributed by atoms with Gasteiger partial charge in [-0.3, -0.25) is 0 Å². The van der Waals surface area contributed by atoms with Gasteiger partial charge in [0.1, 0.15) is 5.82 Å². The van der Waals surface area contributed by atoms with Crippen LogP contribution in [0.4, 0.5) is 4.39 Å². The zero-order chi connectivity index (χ0) is 14.1. The molecule has 5 heteroatoms. The second-order valence-corrected chi connectivity index (χ2v) is 6.05. The molecule has 102 valence electrons. The van der Waals surface area contributed by atoms with Gasteiger partial charge in [0.25, 0.3) is 0 Å². The zero-order valence-electron chi connectivity index (χ0n) is 10.5. The van der Waals surface area contributed by atoms with Gasteiger partial charge in [0.05, 0.1) is 20.2 Å². The van der Waals surface area contributed by atoms with Crippen LogP contribution in [0.15, 0.2) is 42.5 Å². The summed E-state index contributed by atoms with van der Waals surface area (Å²) in [6, 6.07) is 12.3. The molecule has 0 amide bonds. The molecule has 1 heterocycles. The fraction of sp³-hybridized carbons (Fsp3) is 0.133. The second-order valence-electron chi connectivity index (χ2n) is 4.53. The van der Waals surface area contributed by atoms with E-state index < -0.39 is 11.9 Å². The predicted molar refractivity (Wildman–Crippen MR) is 81.7 cm³/mol. The van der Waals surface area contributed by atoms with Gasteiger partial charge < -0.3 is 5.73 Å². The lowest BCUT2D eigenvalue weighted by Crippen LogP contribution is -2.15. The van der Waals surface area contributed by atoms with Crippen molar-refractivity contribution in [2.45, 2.75) is 12.5 Å². The Morgan fingerprint density at radius 2 is 2.00 bits per heavy atom. The number of hydrogen-bond acceptors (Lipinski definition) is 3.